The second-order valence-corrected chi connectivity index (χ2v) is 11.8. The average molecular weight is 559 g/mol. The van der Waals surface area contributed by atoms with Crippen LogP contribution in [0.15, 0.2) is 47.4 Å². The summed E-state index contributed by atoms with van der Waals surface area (Å²) in [6, 6.07) is 9.72. The second kappa shape index (κ2) is 11.6. The Balaban J connectivity index is 1.59. The third-order valence-corrected chi connectivity index (χ3v) is 8.73. The van der Waals surface area contributed by atoms with Gasteiger partial charge in [-0.15, -0.1) is 0 Å². The molecule has 1 aliphatic carbocycles. The second-order valence-electron chi connectivity index (χ2n) is 10.1. The molecule has 39 heavy (non-hydrogen) atoms. The zero-order chi connectivity index (χ0) is 28.3. The molecule has 210 valence electrons. The molecule has 2 aliphatic rings. The maximum atomic E-state index is 13.6. The number of guanidine groups is 1. The summed E-state index contributed by atoms with van der Waals surface area (Å²) in [6.07, 6.45) is 2.12. The number of aliphatic carboxylic acids is 1. The molecule has 2 fully saturated rings. The van der Waals surface area contributed by atoms with Crippen LogP contribution in [0.1, 0.15) is 32.1 Å². The number of carbonyl (C=O) groups excluding carboxylic acids is 2. The van der Waals surface area contributed by atoms with E-state index in [0.29, 0.717) is 44.2 Å². The van der Waals surface area contributed by atoms with Gasteiger partial charge in [-0.25, -0.2) is 8.42 Å². The quantitative estimate of drug-likeness (QED) is 0.244. The molecule has 0 unspecified atom stereocenters. The number of nitrogens with one attached hydrogen (secondary N) is 2. The van der Waals surface area contributed by atoms with Crippen molar-refractivity contribution in [1.29, 1.82) is 5.41 Å². The predicted molar refractivity (Wildman–Crippen MR) is 144 cm³/mol. The summed E-state index contributed by atoms with van der Waals surface area (Å²) in [4.78, 5) is 42.6. The molecule has 1 saturated heterocycles. The molecule has 1 saturated carbocycles. The third kappa shape index (κ3) is 6.84. The molecule has 0 bridgehead atoms. The first kappa shape index (κ1) is 28.3. The van der Waals surface area contributed by atoms with Gasteiger partial charge in [-0.05, 0) is 48.6 Å². The minimum absolute atomic E-state index is 0.0691. The van der Waals surface area contributed by atoms with Crippen molar-refractivity contribution in [1.82, 2.24) is 19.4 Å². The molecule has 4 rings (SSSR count). The van der Waals surface area contributed by atoms with E-state index in [1.807, 2.05) is 12.1 Å². The zero-order valence-electron chi connectivity index (χ0n) is 21.7. The van der Waals surface area contributed by atoms with Crippen LogP contribution in [0.5, 0.6) is 0 Å². The van der Waals surface area contributed by atoms with Crippen molar-refractivity contribution in [2.45, 2.75) is 55.1 Å². The Morgan fingerprint density at radius 3 is 2.46 bits per heavy atom. The van der Waals surface area contributed by atoms with E-state index in [0.717, 1.165) is 10.3 Å². The first-order chi connectivity index (χ1) is 18.5. The van der Waals surface area contributed by atoms with Crippen LogP contribution in [-0.2, 0) is 24.4 Å². The van der Waals surface area contributed by atoms with Crippen LogP contribution in [0.4, 0.5) is 0 Å². The SMILES string of the molecule is CN(C(=O)C[C@H](NS(=O)(=O)c1ccc2ccccc2c1)C(=O)N(CC(=O)O)C1CC1)[C@@H]1CCCN(C(=N)N)C1. The summed E-state index contributed by atoms with van der Waals surface area (Å²) in [5.41, 5.74) is 5.62. The summed E-state index contributed by atoms with van der Waals surface area (Å²) in [7, 11) is -2.67. The first-order valence-corrected chi connectivity index (χ1v) is 14.3. The summed E-state index contributed by atoms with van der Waals surface area (Å²) >= 11 is 0. The van der Waals surface area contributed by atoms with Crippen molar-refractivity contribution in [2.24, 2.45) is 5.73 Å². The zero-order valence-corrected chi connectivity index (χ0v) is 22.6. The first-order valence-electron chi connectivity index (χ1n) is 12.8. The average Bonchev–Trinajstić information content (AvgIpc) is 3.75. The van der Waals surface area contributed by atoms with Crippen molar-refractivity contribution >= 4 is 44.5 Å². The van der Waals surface area contributed by atoms with Gasteiger partial charge in [0.05, 0.1) is 11.3 Å². The van der Waals surface area contributed by atoms with Crippen LogP contribution in [0.2, 0.25) is 0 Å². The molecule has 1 heterocycles. The predicted octanol–water partition coefficient (Wildman–Crippen LogP) is 0.769. The monoisotopic (exact) mass is 558 g/mol. The van der Waals surface area contributed by atoms with Crippen LogP contribution in [-0.4, -0.2) is 96.8 Å². The molecule has 13 heteroatoms. The van der Waals surface area contributed by atoms with E-state index in [-0.39, 0.29) is 22.9 Å². The van der Waals surface area contributed by atoms with E-state index in [1.54, 1.807) is 30.1 Å². The van der Waals surface area contributed by atoms with Crippen molar-refractivity contribution in [3.05, 3.63) is 42.5 Å². The molecule has 0 aromatic heterocycles. The smallest absolute Gasteiger partial charge is 0.323 e. The number of likely N-dealkylation sites (tertiary alicyclic amines) is 1. The number of piperidine rings is 1. The van der Waals surface area contributed by atoms with E-state index in [1.165, 1.54) is 17.0 Å². The number of sulfonamides is 1. The highest BCUT2D eigenvalue weighted by Gasteiger charge is 2.40. The standard InChI is InChI=1S/C26H34N6O6S/c1-30(20-7-4-12-31(15-20)26(27)28)23(33)14-22(25(36)32(16-24(34)35)19-9-10-19)29-39(37,38)21-11-8-17-5-2-3-6-18(17)13-21/h2-3,5-6,8,11,13,19-20,22,29H,4,7,9-10,12,14-16H2,1H3,(H3,27,28)(H,34,35)/t20-,22+/m1/s1. The molecule has 2 atom stereocenters. The molecule has 2 aromatic carbocycles. The number of carboxylic acid groups (broad SMARTS) is 1. The fourth-order valence-corrected chi connectivity index (χ4v) is 6.12. The lowest BCUT2D eigenvalue weighted by Crippen LogP contribution is -2.55. The molecule has 2 aromatic rings. The van der Waals surface area contributed by atoms with E-state index in [9.17, 15) is 27.9 Å². The van der Waals surface area contributed by atoms with Crippen LogP contribution in [0.3, 0.4) is 0 Å². The van der Waals surface area contributed by atoms with E-state index in [4.69, 9.17) is 11.1 Å². The topological polar surface area (TPSA) is 177 Å². The molecule has 5 N–H and O–H groups in total. The van der Waals surface area contributed by atoms with Gasteiger partial charge in [0.15, 0.2) is 5.96 Å². The van der Waals surface area contributed by atoms with Gasteiger partial charge in [-0.3, -0.25) is 19.8 Å². The van der Waals surface area contributed by atoms with Gasteiger partial charge in [-0.1, -0.05) is 30.3 Å². The number of benzene rings is 2. The number of rotatable bonds is 10. The molecule has 0 spiro atoms. The largest absolute Gasteiger partial charge is 0.480 e. The summed E-state index contributed by atoms with van der Waals surface area (Å²) in [5.74, 6) is -2.54. The number of amides is 2. The Morgan fingerprint density at radius 2 is 1.82 bits per heavy atom. The Hall–Kier alpha value is -3.71. The van der Waals surface area contributed by atoms with Gasteiger partial charge in [0, 0.05) is 32.2 Å². The molecular formula is C26H34N6O6S. The molecular weight excluding hydrogens is 524 g/mol. The van der Waals surface area contributed by atoms with Gasteiger partial charge in [0.25, 0.3) is 0 Å². The van der Waals surface area contributed by atoms with Crippen molar-refractivity contribution in [2.75, 3.05) is 26.7 Å². The van der Waals surface area contributed by atoms with Gasteiger partial charge >= 0.3 is 5.97 Å². The Morgan fingerprint density at radius 1 is 1.13 bits per heavy atom. The number of likely N-dealkylation sites (N-methyl/N-ethyl adjacent to an activating group) is 1. The maximum absolute atomic E-state index is 13.6. The maximum Gasteiger partial charge on any atom is 0.323 e. The lowest BCUT2D eigenvalue weighted by Gasteiger charge is -2.38. The number of carbonyl (C=O) groups is 3. The van der Waals surface area contributed by atoms with E-state index >= 15 is 0 Å². The fourth-order valence-electron chi connectivity index (χ4n) is 4.90. The minimum Gasteiger partial charge on any atom is -0.480 e. The Kier molecular flexibility index (Phi) is 8.40. The number of carboxylic acids is 1. The summed E-state index contributed by atoms with van der Waals surface area (Å²) in [6.45, 7) is 0.371. The summed E-state index contributed by atoms with van der Waals surface area (Å²) in [5, 5.41) is 18.6. The van der Waals surface area contributed by atoms with Gasteiger partial charge in [0.2, 0.25) is 21.8 Å². The van der Waals surface area contributed by atoms with Crippen molar-refractivity contribution < 1.29 is 27.9 Å². The molecule has 2 amide bonds. The fraction of sp³-hybridized carbons (Fsp3) is 0.462. The van der Waals surface area contributed by atoms with Crippen LogP contribution < -0.4 is 10.5 Å². The highest BCUT2D eigenvalue weighted by molar-refractivity contribution is 7.89. The number of hydrogen-bond donors (Lipinski definition) is 4. The number of nitrogens with zero attached hydrogens (tertiary/aromatic N) is 3. The summed E-state index contributed by atoms with van der Waals surface area (Å²) < 4.78 is 29.3. The number of fused-ring (bicyclic) bond motifs is 1. The highest BCUT2D eigenvalue weighted by Crippen LogP contribution is 2.28. The van der Waals surface area contributed by atoms with Gasteiger partial charge in [0.1, 0.15) is 12.6 Å². The number of hydrogen-bond acceptors (Lipinski definition) is 6. The third-order valence-electron chi connectivity index (χ3n) is 7.26. The van der Waals surface area contributed by atoms with Gasteiger partial charge < -0.3 is 25.5 Å². The Bertz CT molecular complexity index is 1380. The van der Waals surface area contributed by atoms with E-state index < -0.39 is 46.8 Å². The Labute approximate surface area is 227 Å². The van der Waals surface area contributed by atoms with Crippen molar-refractivity contribution in [3.63, 3.8) is 0 Å². The lowest BCUT2D eigenvalue weighted by atomic mass is 10.0. The normalized spacial score (nSPS) is 18.4. The van der Waals surface area contributed by atoms with E-state index in [2.05, 4.69) is 4.72 Å². The van der Waals surface area contributed by atoms with Crippen LogP contribution in [0, 0.1) is 5.41 Å². The highest BCUT2D eigenvalue weighted by atomic mass is 32.2. The number of nitrogens with two attached hydrogens (primary N) is 1. The lowest BCUT2D eigenvalue weighted by molar-refractivity contribution is -0.146. The van der Waals surface area contributed by atoms with Gasteiger partial charge in [-0.2, -0.15) is 4.72 Å². The van der Waals surface area contributed by atoms with Crippen molar-refractivity contribution in [3.8, 4) is 0 Å². The minimum atomic E-state index is -4.25. The van der Waals surface area contributed by atoms with Crippen LogP contribution >= 0.6 is 0 Å². The van der Waals surface area contributed by atoms with Crippen LogP contribution in [0.25, 0.3) is 10.8 Å². The molecule has 0 radical (unpaired) electrons. The molecule has 1 aliphatic heterocycles. The molecule has 12 nitrogen and oxygen atoms in total.